The van der Waals surface area contributed by atoms with Crippen LogP contribution in [0.1, 0.15) is 11.5 Å². The molecule has 6 heteroatoms. The van der Waals surface area contributed by atoms with Crippen molar-refractivity contribution in [3.63, 3.8) is 0 Å². The first kappa shape index (κ1) is 11.5. The average molecular weight is 238 g/mol. The number of carboxylic acid groups (broad SMARTS) is 1. The van der Waals surface area contributed by atoms with Crippen molar-refractivity contribution in [2.45, 2.75) is 11.6 Å². The minimum atomic E-state index is -2.46. The van der Waals surface area contributed by atoms with Crippen LogP contribution in [0.15, 0.2) is 35.6 Å². The number of nitroso groups, excluding NO2 is 1. The highest BCUT2D eigenvalue weighted by molar-refractivity contribution is 5.80. The fraction of sp³-hybridized carbons (Fsp3) is 0.364. The number of benzene rings is 1. The molecule has 17 heavy (non-hydrogen) atoms. The third kappa shape index (κ3) is 1.86. The van der Waals surface area contributed by atoms with Crippen LogP contribution in [0.3, 0.4) is 0 Å². The number of carbonyl (C=O) groups is 1. The molecule has 0 aromatic heterocycles. The Hall–Kier alpha value is -1.98. The average Bonchev–Trinajstić information content (AvgIpc) is 2.69. The lowest BCUT2D eigenvalue weighted by Crippen LogP contribution is -2.40. The maximum Gasteiger partial charge on any atom is 0.344 e. The molecule has 0 saturated carbocycles. The number of alkyl halides is 1. The third-order valence-corrected chi connectivity index (χ3v) is 3.03. The number of hydrogen-bond acceptors (Lipinski definition) is 3. The normalized spacial score (nSPS) is 28.1. The summed E-state index contributed by atoms with van der Waals surface area (Å²) in [6, 6.07) is 8.46. The summed E-state index contributed by atoms with van der Waals surface area (Å²) >= 11 is 0. The van der Waals surface area contributed by atoms with Crippen molar-refractivity contribution in [3.8, 4) is 0 Å². The van der Waals surface area contributed by atoms with Crippen LogP contribution < -0.4 is 0 Å². The van der Waals surface area contributed by atoms with Gasteiger partial charge in [0, 0.05) is 6.54 Å². The van der Waals surface area contributed by atoms with Crippen LogP contribution in [-0.4, -0.2) is 34.8 Å². The molecule has 1 fully saturated rings. The van der Waals surface area contributed by atoms with Gasteiger partial charge >= 0.3 is 5.97 Å². The largest absolute Gasteiger partial charge is 0.479 e. The molecule has 1 heterocycles. The summed E-state index contributed by atoms with van der Waals surface area (Å²) in [7, 11) is 0. The lowest BCUT2D eigenvalue weighted by Gasteiger charge is -2.21. The Bertz CT molecular complexity index is 440. The van der Waals surface area contributed by atoms with Crippen molar-refractivity contribution >= 4 is 5.97 Å². The Labute approximate surface area is 96.8 Å². The monoisotopic (exact) mass is 238 g/mol. The fourth-order valence-electron chi connectivity index (χ4n) is 2.13. The molecule has 2 unspecified atom stereocenters. The predicted octanol–water partition coefficient (Wildman–Crippen LogP) is 1.56. The molecule has 1 aromatic carbocycles. The van der Waals surface area contributed by atoms with Gasteiger partial charge in [0.05, 0.1) is 17.7 Å². The lowest BCUT2D eigenvalue weighted by atomic mass is 9.86. The molecule has 1 N–H and O–H groups in total. The molecule has 5 nitrogen and oxygen atoms in total. The molecule has 0 aliphatic carbocycles. The molecule has 1 aliphatic heterocycles. The Morgan fingerprint density at radius 2 is 2.12 bits per heavy atom. The van der Waals surface area contributed by atoms with Gasteiger partial charge in [-0.05, 0) is 5.56 Å². The lowest BCUT2D eigenvalue weighted by molar-refractivity contribution is -0.150. The van der Waals surface area contributed by atoms with Gasteiger partial charge in [-0.1, -0.05) is 30.3 Å². The van der Waals surface area contributed by atoms with Gasteiger partial charge in [0.1, 0.15) is 0 Å². The number of hydrogen-bond donors (Lipinski definition) is 1. The van der Waals surface area contributed by atoms with E-state index in [2.05, 4.69) is 5.29 Å². The smallest absolute Gasteiger partial charge is 0.344 e. The Morgan fingerprint density at radius 3 is 2.65 bits per heavy atom. The van der Waals surface area contributed by atoms with E-state index in [4.69, 9.17) is 5.11 Å². The second-order valence-corrected chi connectivity index (χ2v) is 4.06. The highest BCUT2D eigenvalue weighted by atomic mass is 19.1. The second-order valence-electron chi connectivity index (χ2n) is 4.06. The molecule has 1 saturated heterocycles. The van der Waals surface area contributed by atoms with Gasteiger partial charge < -0.3 is 5.11 Å². The zero-order valence-corrected chi connectivity index (χ0v) is 8.91. The zero-order valence-electron chi connectivity index (χ0n) is 8.91. The van der Waals surface area contributed by atoms with Crippen molar-refractivity contribution in [2.24, 2.45) is 5.29 Å². The molecule has 0 bridgehead atoms. The maximum absolute atomic E-state index is 14.4. The van der Waals surface area contributed by atoms with Crippen molar-refractivity contribution < 1.29 is 14.3 Å². The fourth-order valence-corrected chi connectivity index (χ4v) is 2.13. The van der Waals surface area contributed by atoms with Crippen LogP contribution in [0.25, 0.3) is 0 Å². The second kappa shape index (κ2) is 4.12. The van der Waals surface area contributed by atoms with Crippen LogP contribution in [0.5, 0.6) is 0 Å². The van der Waals surface area contributed by atoms with Crippen LogP contribution in [0, 0.1) is 4.91 Å². The van der Waals surface area contributed by atoms with E-state index < -0.39 is 24.1 Å². The minimum Gasteiger partial charge on any atom is -0.479 e. The summed E-state index contributed by atoms with van der Waals surface area (Å²) in [5.74, 6) is -2.43. The van der Waals surface area contributed by atoms with E-state index in [1.54, 1.807) is 30.3 Å². The Balaban J connectivity index is 2.37. The predicted molar refractivity (Wildman–Crippen MR) is 58.0 cm³/mol. The molecule has 0 spiro atoms. The van der Waals surface area contributed by atoms with Gasteiger partial charge in [0.2, 0.25) is 5.67 Å². The van der Waals surface area contributed by atoms with Crippen molar-refractivity contribution in [3.05, 3.63) is 40.8 Å². The number of halogens is 1. The van der Waals surface area contributed by atoms with Gasteiger partial charge in [-0.2, -0.15) is 0 Å². The molecule has 2 atom stereocenters. The van der Waals surface area contributed by atoms with Gasteiger partial charge in [-0.25, -0.2) is 9.18 Å². The van der Waals surface area contributed by atoms with E-state index in [0.717, 1.165) is 5.01 Å². The molecular weight excluding hydrogens is 227 g/mol. The number of rotatable bonds is 3. The van der Waals surface area contributed by atoms with Crippen LogP contribution in [0.4, 0.5) is 4.39 Å². The van der Waals surface area contributed by atoms with Gasteiger partial charge in [0.25, 0.3) is 0 Å². The summed E-state index contributed by atoms with van der Waals surface area (Å²) in [5, 5.41) is 12.5. The molecule has 1 aromatic rings. The van der Waals surface area contributed by atoms with E-state index in [1.807, 2.05) is 0 Å². The molecule has 0 radical (unpaired) electrons. The first-order valence-electron chi connectivity index (χ1n) is 5.13. The Morgan fingerprint density at radius 1 is 1.47 bits per heavy atom. The van der Waals surface area contributed by atoms with E-state index in [1.165, 1.54) is 0 Å². The highest BCUT2D eigenvalue weighted by Crippen LogP contribution is 2.39. The standard InChI is InChI=1S/C11H11FN2O3/c12-11(10(15)16)7-14(13-17)6-9(11)8-4-2-1-3-5-8/h1-5,9H,6-7H2,(H,15,16). The number of carboxylic acids is 1. The molecule has 1 aliphatic rings. The zero-order chi connectivity index (χ0) is 12.5. The minimum absolute atomic E-state index is 0.0175. The number of aliphatic carboxylic acids is 1. The van der Waals surface area contributed by atoms with Crippen LogP contribution >= 0.6 is 0 Å². The summed E-state index contributed by atoms with van der Waals surface area (Å²) in [4.78, 5) is 21.4. The Kier molecular flexibility index (Phi) is 2.79. The van der Waals surface area contributed by atoms with E-state index >= 15 is 0 Å². The molecule has 2 rings (SSSR count). The first-order valence-corrected chi connectivity index (χ1v) is 5.13. The summed E-state index contributed by atoms with van der Waals surface area (Å²) in [6.45, 7) is -0.526. The maximum atomic E-state index is 14.4. The first-order chi connectivity index (χ1) is 8.08. The topological polar surface area (TPSA) is 70.0 Å². The summed E-state index contributed by atoms with van der Waals surface area (Å²) in [6.07, 6.45) is 0. The summed E-state index contributed by atoms with van der Waals surface area (Å²) in [5.41, 5.74) is -1.90. The van der Waals surface area contributed by atoms with Crippen molar-refractivity contribution in [1.29, 1.82) is 0 Å². The SMILES string of the molecule is O=NN1CC(c2ccccc2)C(F)(C(=O)O)C1. The van der Waals surface area contributed by atoms with Crippen molar-refractivity contribution in [2.75, 3.05) is 13.1 Å². The molecule has 0 amide bonds. The van der Waals surface area contributed by atoms with Crippen molar-refractivity contribution in [1.82, 2.24) is 5.01 Å². The van der Waals surface area contributed by atoms with Gasteiger partial charge in [-0.3, -0.25) is 5.01 Å². The molecule has 90 valence electrons. The summed E-state index contributed by atoms with van der Waals surface area (Å²) < 4.78 is 14.4. The van der Waals surface area contributed by atoms with Gasteiger partial charge in [-0.15, -0.1) is 4.91 Å². The van der Waals surface area contributed by atoms with E-state index in [0.29, 0.717) is 5.56 Å². The van der Waals surface area contributed by atoms with E-state index in [-0.39, 0.29) is 6.54 Å². The quantitative estimate of drug-likeness (QED) is 0.811. The van der Waals surface area contributed by atoms with Crippen LogP contribution in [0.2, 0.25) is 0 Å². The highest BCUT2D eigenvalue weighted by Gasteiger charge is 2.54. The van der Waals surface area contributed by atoms with E-state index in [9.17, 15) is 14.1 Å². The molecular formula is C11H11FN2O3. The van der Waals surface area contributed by atoms with Crippen LogP contribution in [-0.2, 0) is 4.79 Å². The van der Waals surface area contributed by atoms with Gasteiger partial charge in [0.15, 0.2) is 0 Å². The number of nitrogens with zero attached hydrogens (tertiary/aromatic N) is 2. The third-order valence-electron chi connectivity index (χ3n) is 3.03.